The summed E-state index contributed by atoms with van der Waals surface area (Å²) in [6.45, 7) is 7.90. The second-order valence-corrected chi connectivity index (χ2v) is 11.9. The molecule has 4 heterocycles. The molecule has 1 unspecified atom stereocenters. The summed E-state index contributed by atoms with van der Waals surface area (Å²) in [6.07, 6.45) is 0.475. The molecule has 1 amide bonds. The highest BCUT2D eigenvalue weighted by atomic mass is 32.2. The number of ether oxygens (including phenoxy) is 2. The minimum Gasteiger partial charge on any atom is -0.493 e. The van der Waals surface area contributed by atoms with E-state index < -0.39 is 9.84 Å². The first-order valence-electron chi connectivity index (χ1n) is 12.6. The molecule has 0 radical (unpaired) electrons. The second-order valence-electron chi connectivity index (χ2n) is 9.64. The maximum Gasteiger partial charge on any atom is 0.254 e. The number of hydrogen-bond donors (Lipinski definition) is 0. The third-order valence-corrected chi connectivity index (χ3v) is 9.16. The third kappa shape index (κ3) is 4.77. The van der Waals surface area contributed by atoms with Crippen LogP contribution < -0.4 is 9.47 Å². The van der Waals surface area contributed by atoms with Crippen LogP contribution in [0.25, 0.3) is 22.3 Å². The molecule has 2 fully saturated rings. The molecule has 198 valence electrons. The first-order chi connectivity index (χ1) is 17.7. The Morgan fingerprint density at radius 3 is 2.43 bits per heavy atom. The first-order valence-corrected chi connectivity index (χ1v) is 14.4. The lowest BCUT2D eigenvalue weighted by atomic mass is 10.0. The Kier molecular flexibility index (Phi) is 6.84. The standard InChI is InChI=1S/C26H33N5O5S/c1-5-29-9-11-30(12-10-29)26(32)20-15-21(18-6-7-22(35-3)23(14-18)36-4)27-25-24(20)17(2)28-31(25)19-8-13-37(33,34)16-19/h6-7,14-15,19H,5,8-13,16H2,1-4H3. The van der Waals surface area contributed by atoms with Gasteiger partial charge in [0, 0.05) is 31.7 Å². The molecule has 2 aromatic heterocycles. The largest absolute Gasteiger partial charge is 0.493 e. The fourth-order valence-corrected chi connectivity index (χ4v) is 6.98. The van der Waals surface area contributed by atoms with Gasteiger partial charge in [-0.15, -0.1) is 0 Å². The van der Waals surface area contributed by atoms with E-state index in [0.717, 1.165) is 25.2 Å². The van der Waals surface area contributed by atoms with Crippen molar-refractivity contribution in [3.63, 3.8) is 0 Å². The molecule has 2 saturated heterocycles. The van der Waals surface area contributed by atoms with Gasteiger partial charge in [-0.2, -0.15) is 5.10 Å². The van der Waals surface area contributed by atoms with Crippen LogP contribution in [0.3, 0.4) is 0 Å². The molecule has 0 spiro atoms. The van der Waals surface area contributed by atoms with Gasteiger partial charge in [0.05, 0.1) is 54.1 Å². The lowest BCUT2D eigenvalue weighted by Crippen LogP contribution is -2.48. The van der Waals surface area contributed by atoms with E-state index in [1.165, 1.54) is 0 Å². The highest BCUT2D eigenvalue weighted by Gasteiger charge is 2.33. The molecule has 0 bridgehead atoms. The summed E-state index contributed by atoms with van der Waals surface area (Å²) in [5.41, 5.74) is 3.08. The second kappa shape index (κ2) is 9.94. The molecule has 5 rings (SSSR count). The van der Waals surface area contributed by atoms with Crippen LogP contribution in [0.2, 0.25) is 0 Å². The minimum absolute atomic E-state index is 0.0216. The summed E-state index contributed by atoms with van der Waals surface area (Å²) in [7, 11) is 0.0166. The van der Waals surface area contributed by atoms with Crippen LogP contribution in [-0.2, 0) is 9.84 Å². The monoisotopic (exact) mass is 527 g/mol. The number of pyridine rings is 1. The van der Waals surface area contributed by atoms with E-state index in [2.05, 4.69) is 11.8 Å². The van der Waals surface area contributed by atoms with Gasteiger partial charge in [0.1, 0.15) is 0 Å². The Balaban J connectivity index is 1.66. The van der Waals surface area contributed by atoms with Crippen LogP contribution in [0.5, 0.6) is 11.5 Å². The summed E-state index contributed by atoms with van der Waals surface area (Å²) in [5.74, 6) is 1.23. The number of fused-ring (bicyclic) bond motifs is 1. The molecule has 3 aromatic rings. The Morgan fingerprint density at radius 1 is 1.08 bits per heavy atom. The van der Waals surface area contributed by atoms with Crippen LogP contribution in [0.15, 0.2) is 24.3 Å². The lowest BCUT2D eigenvalue weighted by Gasteiger charge is -2.34. The van der Waals surface area contributed by atoms with Crippen molar-refractivity contribution in [1.29, 1.82) is 0 Å². The van der Waals surface area contributed by atoms with Gasteiger partial charge >= 0.3 is 0 Å². The van der Waals surface area contributed by atoms with E-state index in [-0.39, 0.29) is 23.5 Å². The zero-order valence-electron chi connectivity index (χ0n) is 21.7. The Labute approximate surface area is 217 Å². The number of carbonyl (C=O) groups excluding carboxylic acids is 1. The number of aromatic nitrogens is 3. The van der Waals surface area contributed by atoms with E-state index >= 15 is 0 Å². The topological polar surface area (TPSA) is 107 Å². The number of sulfone groups is 1. The molecular formula is C26H33N5O5S. The number of amides is 1. The number of nitrogens with zero attached hydrogens (tertiary/aromatic N) is 5. The van der Waals surface area contributed by atoms with E-state index in [1.807, 2.05) is 30.0 Å². The third-order valence-electron chi connectivity index (χ3n) is 7.41. The Hall–Kier alpha value is -3.18. The van der Waals surface area contributed by atoms with Crippen molar-refractivity contribution in [2.45, 2.75) is 26.3 Å². The fraction of sp³-hybridized carbons (Fsp3) is 0.500. The predicted octanol–water partition coefficient (Wildman–Crippen LogP) is 2.56. The van der Waals surface area contributed by atoms with Gasteiger partial charge in [0.2, 0.25) is 0 Å². The first kappa shape index (κ1) is 25.5. The maximum atomic E-state index is 13.9. The average Bonchev–Trinajstić information content (AvgIpc) is 3.45. The number of likely N-dealkylation sites (N-methyl/N-ethyl adjacent to an activating group) is 1. The van der Waals surface area contributed by atoms with Gasteiger partial charge < -0.3 is 19.3 Å². The summed E-state index contributed by atoms with van der Waals surface area (Å²) in [4.78, 5) is 23.0. The van der Waals surface area contributed by atoms with E-state index in [4.69, 9.17) is 19.6 Å². The summed E-state index contributed by atoms with van der Waals surface area (Å²) < 4.78 is 37.1. The molecule has 10 nitrogen and oxygen atoms in total. The van der Waals surface area contributed by atoms with Gasteiger partial charge in [-0.1, -0.05) is 6.92 Å². The number of piperazine rings is 1. The van der Waals surface area contributed by atoms with Crippen LogP contribution in [0.1, 0.15) is 35.4 Å². The molecule has 1 aromatic carbocycles. The SMILES string of the molecule is CCN1CCN(C(=O)c2cc(-c3ccc(OC)c(OC)c3)nc3c2c(C)nn3C2CCS(=O)(=O)C2)CC1. The minimum atomic E-state index is -3.13. The van der Waals surface area contributed by atoms with Crippen molar-refractivity contribution < 1.29 is 22.7 Å². The summed E-state index contributed by atoms with van der Waals surface area (Å²) in [5, 5.41) is 5.39. The fourth-order valence-electron chi connectivity index (χ4n) is 5.29. The smallest absolute Gasteiger partial charge is 0.254 e. The Bertz CT molecular complexity index is 1440. The van der Waals surface area contributed by atoms with Crippen molar-refractivity contribution in [3.8, 4) is 22.8 Å². The summed E-state index contributed by atoms with van der Waals surface area (Å²) in [6, 6.07) is 7.01. The van der Waals surface area contributed by atoms with Crippen LogP contribution in [0.4, 0.5) is 0 Å². The van der Waals surface area contributed by atoms with Gasteiger partial charge in [-0.25, -0.2) is 18.1 Å². The molecule has 0 aliphatic carbocycles. The van der Waals surface area contributed by atoms with E-state index in [1.54, 1.807) is 25.0 Å². The van der Waals surface area contributed by atoms with Gasteiger partial charge in [0.25, 0.3) is 5.91 Å². The number of benzene rings is 1. The number of carbonyl (C=O) groups is 1. The van der Waals surface area contributed by atoms with Crippen LogP contribution >= 0.6 is 0 Å². The zero-order valence-corrected chi connectivity index (χ0v) is 22.5. The number of methoxy groups -OCH3 is 2. The Morgan fingerprint density at radius 2 is 1.81 bits per heavy atom. The van der Waals surface area contributed by atoms with Crippen LogP contribution in [-0.4, -0.2) is 97.3 Å². The molecular weight excluding hydrogens is 494 g/mol. The van der Waals surface area contributed by atoms with Crippen molar-refractivity contribution in [1.82, 2.24) is 24.6 Å². The molecule has 37 heavy (non-hydrogen) atoms. The zero-order chi connectivity index (χ0) is 26.3. The molecule has 1 atom stereocenters. The van der Waals surface area contributed by atoms with Crippen molar-refractivity contribution in [2.75, 3.05) is 58.4 Å². The van der Waals surface area contributed by atoms with Gasteiger partial charge in [0.15, 0.2) is 27.0 Å². The molecule has 0 saturated carbocycles. The van der Waals surface area contributed by atoms with Crippen molar-refractivity contribution in [2.24, 2.45) is 0 Å². The van der Waals surface area contributed by atoms with Gasteiger partial charge in [-0.3, -0.25) is 4.79 Å². The normalized spacial score (nSPS) is 19.9. The number of hydrogen-bond acceptors (Lipinski definition) is 8. The van der Waals surface area contributed by atoms with Gasteiger partial charge in [-0.05, 0) is 44.2 Å². The highest BCUT2D eigenvalue weighted by Crippen LogP contribution is 2.35. The average molecular weight is 528 g/mol. The maximum absolute atomic E-state index is 13.9. The van der Waals surface area contributed by atoms with Crippen molar-refractivity contribution in [3.05, 3.63) is 35.5 Å². The molecule has 11 heteroatoms. The lowest BCUT2D eigenvalue weighted by molar-refractivity contribution is 0.0645. The van der Waals surface area contributed by atoms with E-state index in [9.17, 15) is 13.2 Å². The molecule has 2 aliphatic heterocycles. The summed E-state index contributed by atoms with van der Waals surface area (Å²) >= 11 is 0. The molecule has 0 N–H and O–H groups in total. The number of rotatable bonds is 6. The van der Waals surface area contributed by atoms with E-state index in [0.29, 0.717) is 59.0 Å². The highest BCUT2D eigenvalue weighted by molar-refractivity contribution is 7.91. The van der Waals surface area contributed by atoms with Crippen molar-refractivity contribution >= 4 is 26.8 Å². The molecule has 2 aliphatic rings. The quantitative estimate of drug-likeness (QED) is 0.482. The van der Waals surface area contributed by atoms with Crippen LogP contribution in [0, 0.1) is 6.92 Å². The predicted molar refractivity (Wildman–Crippen MR) is 141 cm³/mol. The number of aryl methyl sites for hydroxylation is 1.